The molecule has 2 aromatic rings. The standard InChI is InChI=1S/C20H24N2O/c1-15-7-5-8-16(2)20(15)23-12-11-18(14-21)17-9-6-10-19(13-17)22(3)4/h5-10,13,18H,11-12H2,1-4H3. The third-order valence-corrected chi connectivity index (χ3v) is 4.01. The zero-order valence-corrected chi connectivity index (χ0v) is 14.3. The van der Waals surface area contributed by atoms with Crippen LogP contribution in [0.4, 0.5) is 5.69 Å². The monoisotopic (exact) mass is 308 g/mol. The predicted molar refractivity (Wildman–Crippen MR) is 95.2 cm³/mol. The molecule has 0 aliphatic carbocycles. The highest BCUT2D eigenvalue weighted by Gasteiger charge is 2.13. The van der Waals surface area contributed by atoms with Crippen LogP contribution < -0.4 is 9.64 Å². The van der Waals surface area contributed by atoms with Gasteiger partial charge in [0.1, 0.15) is 5.75 Å². The molecule has 0 aliphatic rings. The SMILES string of the molecule is Cc1cccc(C)c1OCCC(C#N)c1cccc(N(C)C)c1. The molecule has 2 rings (SSSR count). The quantitative estimate of drug-likeness (QED) is 0.791. The van der Waals surface area contributed by atoms with Gasteiger partial charge in [0.15, 0.2) is 0 Å². The molecule has 0 saturated carbocycles. The van der Waals surface area contributed by atoms with Crippen molar-refractivity contribution < 1.29 is 4.74 Å². The van der Waals surface area contributed by atoms with Gasteiger partial charge in [0.05, 0.1) is 18.6 Å². The van der Waals surface area contributed by atoms with Crippen LogP contribution in [0.3, 0.4) is 0 Å². The van der Waals surface area contributed by atoms with Crippen LogP contribution in [0.25, 0.3) is 0 Å². The maximum atomic E-state index is 9.50. The van der Waals surface area contributed by atoms with E-state index in [0.29, 0.717) is 13.0 Å². The summed E-state index contributed by atoms with van der Waals surface area (Å²) in [6, 6.07) is 16.7. The lowest BCUT2D eigenvalue weighted by Crippen LogP contribution is -2.10. The number of nitrogens with zero attached hydrogens (tertiary/aromatic N) is 2. The molecule has 0 aliphatic heterocycles. The van der Waals surface area contributed by atoms with E-state index in [1.165, 1.54) is 0 Å². The first-order valence-electron chi connectivity index (χ1n) is 7.89. The Morgan fingerprint density at radius 1 is 1.09 bits per heavy atom. The molecule has 0 amide bonds. The molecule has 0 heterocycles. The highest BCUT2D eigenvalue weighted by atomic mass is 16.5. The van der Waals surface area contributed by atoms with Gasteiger partial charge in [-0.3, -0.25) is 0 Å². The van der Waals surface area contributed by atoms with Crippen LogP contribution in [-0.2, 0) is 0 Å². The molecule has 2 aromatic carbocycles. The molecule has 120 valence electrons. The van der Waals surface area contributed by atoms with Gasteiger partial charge >= 0.3 is 0 Å². The highest BCUT2D eigenvalue weighted by Crippen LogP contribution is 2.26. The lowest BCUT2D eigenvalue weighted by atomic mass is 9.97. The van der Waals surface area contributed by atoms with E-state index in [1.54, 1.807) is 0 Å². The summed E-state index contributed by atoms with van der Waals surface area (Å²) in [6.45, 7) is 4.63. The minimum absolute atomic E-state index is 0.153. The summed E-state index contributed by atoms with van der Waals surface area (Å²) in [5.74, 6) is 0.783. The van der Waals surface area contributed by atoms with Crippen LogP contribution in [0.1, 0.15) is 29.0 Å². The van der Waals surface area contributed by atoms with E-state index in [9.17, 15) is 5.26 Å². The number of hydrogen-bond acceptors (Lipinski definition) is 3. The first-order chi connectivity index (χ1) is 11.0. The second kappa shape index (κ2) is 7.69. The molecular weight excluding hydrogens is 284 g/mol. The van der Waals surface area contributed by atoms with E-state index in [-0.39, 0.29) is 5.92 Å². The Bertz CT molecular complexity index is 681. The molecule has 0 saturated heterocycles. The third-order valence-electron chi connectivity index (χ3n) is 4.01. The zero-order chi connectivity index (χ0) is 16.8. The Labute approximate surface area is 139 Å². The average molecular weight is 308 g/mol. The Balaban J connectivity index is 2.04. The van der Waals surface area contributed by atoms with Gasteiger partial charge in [-0.15, -0.1) is 0 Å². The molecule has 1 atom stereocenters. The lowest BCUT2D eigenvalue weighted by molar-refractivity contribution is 0.302. The number of aryl methyl sites for hydroxylation is 2. The fraction of sp³-hybridized carbons (Fsp3) is 0.350. The molecule has 0 aromatic heterocycles. The Morgan fingerprint density at radius 3 is 2.35 bits per heavy atom. The van der Waals surface area contributed by atoms with Crippen molar-refractivity contribution in [2.24, 2.45) is 0 Å². The fourth-order valence-electron chi connectivity index (χ4n) is 2.63. The Morgan fingerprint density at radius 2 is 1.74 bits per heavy atom. The van der Waals surface area contributed by atoms with Crippen molar-refractivity contribution in [1.29, 1.82) is 5.26 Å². The van der Waals surface area contributed by atoms with Crippen molar-refractivity contribution in [1.82, 2.24) is 0 Å². The maximum Gasteiger partial charge on any atom is 0.125 e. The molecule has 0 fully saturated rings. The van der Waals surface area contributed by atoms with Gasteiger partial charge in [-0.1, -0.05) is 30.3 Å². The van der Waals surface area contributed by atoms with E-state index < -0.39 is 0 Å². The van der Waals surface area contributed by atoms with Crippen molar-refractivity contribution in [3.8, 4) is 11.8 Å². The zero-order valence-electron chi connectivity index (χ0n) is 14.3. The summed E-state index contributed by atoms with van der Waals surface area (Å²) in [6.07, 6.45) is 0.682. The van der Waals surface area contributed by atoms with Crippen LogP contribution in [0.5, 0.6) is 5.75 Å². The van der Waals surface area contributed by atoms with E-state index >= 15 is 0 Å². The summed E-state index contributed by atoms with van der Waals surface area (Å²) >= 11 is 0. The van der Waals surface area contributed by atoms with Crippen molar-refractivity contribution in [2.75, 3.05) is 25.6 Å². The smallest absolute Gasteiger partial charge is 0.125 e. The Hall–Kier alpha value is -2.47. The number of para-hydroxylation sites is 1. The first kappa shape index (κ1) is 16.9. The van der Waals surface area contributed by atoms with E-state index in [0.717, 1.165) is 28.1 Å². The summed E-state index contributed by atoms with van der Waals surface area (Å²) in [4.78, 5) is 2.05. The minimum Gasteiger partial charge on any atom is -0.493 e. The number of ether oxygens (including phenoxy) is 1. The highest BCUT2D eigenvalue weighted by molar-refractivity contribution is 5.48. The molecule has 0 N–H and O–H groups in total. The van der Waals surface area contributed by atoms with E-state index in [4.69, 9.17) is 4.74 Å². The molecule has 3 nitrogen and oxygen atoms in total. The van der Waals surface area contributed by atoms with Crippen LogP contribution in [-0.4, -0.2) is 20.7 Å². The van der Waals surface area contributed by atoms with Crippen molar-refractivity contribution in [2.45, 2.75) is 26.2 Å². The summed E-state index contributed by atoms with van der Waals surface area (Å²) in [5, 5.41) is 9.50. The van der Waals surface area contributed by atoms with Crippen molar-refractivity contribution in [3.05, 3.63) is 59.2 Å². The summed E-state index contributed by atoms with van der Waals surface area (Å²) < 4.78 is 5.94. The molecule has 23 heavy (non-hydrogen) atoms. The predicted octanol–water partition coefficient (Wildman–Crippen LogP) is 4.45. The van der Waals surface area contributed by atoms with Crippen LogP contribution in [0.15, 0.2) is 42.5 Å². The third kappa shape index (κ3) is 4.26. The first-order valence-corrected chi connectivity index (χ1v) is 7.89. The van der Waals surface area contributed by atoms with Gasteiger partial charge in [0.25, 0.3) is 0 Å². The number of hydrogen-bond donors (Lipinski definition) is 0. The topological polar surface area (TPSA) is 36.3 Å². The molecule has 0 bridgehead atoms. The van der Waals surface area contributed by atoms with Gasteiger partial charge in [0.2, 0.25) is 0 Å². The van der Waals surface area contributed by atoms with E-state index in [2.05, 4.69) is 12.1 Å². The molecule has 0 radical (unpaired) electrons. The summed E-state index contributed by atoms with van der Waals surface area (Å²) in [7, 11) is 4.01. The molecular formula is C20H24N2O. The van der Waals surface area contributed by atoms with Gasteiger partial charge in [0, 0.05) is 26.2 Å². The van der Waals surface area contributed by atoms with Gasteiger partial charge in [-0.25, -0.2) is 0 Å². The fourth-order valence-corrected chi connectivity index (χ4v) is 2.63. The van der Waals surface area contributed by atoms with Gasteiger partial charge in [-0.05, 0) is 42.7 Å². The number of anilines is 1. The maximum absolute atomic E-state index is 9.50. The molecule has 3 heteroatoms. The minimum atomic E-state index is -0.153. The van der Waals surface area contributed by atoms with Crippen molar-refractivity contribution >= 4 is 5.69 Å². The van der Waals surface area contributed by atoms with Crippen LogP contribution in [0, 0.1) is 25.2 Å². The second-order valence-electron chi connectivity index (χ2n) is 6.03. The molecule has 0 spiro atoms. The van der Waals surface area contributed by atoms with E-state index in [1.807, 2.05) is 69.2 Å². The number of rotatable bonds is 6. The Kier molecular flexibility index (Phi) is 5.65. The summed E-state index contributed by atoms with van der Waals surface area (Å²) in [5.41, 5.74) is 4.42. The molecule has 1 unspecified atom stereocenters. The lowest BCUT2D eigenvalue weighted by Gasteiger charge is -2.17. The van der Waals surface area contributed by atoms with Crippen molar-refractivity contribution in [3.63, 3.8) is 0 Å². The largest absolute Gasteiger partial charge is 0.493 e. The second-order valence-corrected chi connectivity index (χ2v) is 6.03. The van der Waals surface area contributed by atoms with Gasteiger partial charge < -0.3 is 9.64 Å². The van der Waals surface area contributed by atoms with Crippen LogP contribution in [0.2, 0.25) is 0 Å². The number of benzene rings is 2. The van der Waals surface area contributed by atoms with Crippen LogP contribution >= 0.6 is 0 Å². The van der Waals surface area contributed by atoms with Gasteiger partial charge in [-0.2, -0.15) is 5.26 Å². The average Bonchev–Trinajstić information content (AvgIpc) is 2.54. The normalized spacial score (nSPS) is 11.6. The number of nitriles is 1.